The summed E-state index contributed by atoms with van der Waals surface area (Å²) in [7, 11) is 0. The van der Waals surface area contributed by atoms with Crippen LogP contribution in [0.2, 0.25) is 0 Å². The summed E-state index contributed by atoms with van der Waals surface area (Å²) in [4.78, 5) is 10.8. The zero-order valence-corrected chi connectivity index (χ0v) is 20.4. The Bertz CT molecular complexity index is 1280. The van der Waals surface area contributed by atoms with Gasteiger partial charge in [0, 0.05) is 50.1 Å². The third-order valence-electron chi connectivity index (χ3n) is 4.76. The van der Waals surface area contributed by atoms with E-state index in [4.69, 9.17) is 0 Å². The van der Waals surface area contributed by atoms with Gasteiger partial charge in [-0.25, -0.2) is 0 Å². The second-order valence-electron chi connectivity index (χ2n) is 6.68. The number of hydrogen-bond acceptors (Lipinski definition) is 6. The van der Waals surface area contributed by atoms with Crippen molar-refractivity contribution in [3.8, 4) is 50.1 Å². The molecule has 0 aliphatic carbocycles. The number of hydrogen-bond donors (Lipinski definition) is 0. The van der Waals surface area contributed by atoms with Crippen molar-refractivity contribution in [2.45, 2.75) is 0 Å². The van der Waals surface area contributed by atoms with Crippen LogP contribution in [0.5, 0.6) is 0 Å². The maximum atomic E-state index is 2.27. The largest absolute Gasteiger partial charge is 0.152 e. The molecule has 0 aliphatic rings. The van der Waals surface area contributed by atoms with Gasteiger partial charge in [-0.15, -0.1) is 45.3 Å². The Labute approximate surface area is 199 Å². The lowest BCUT2D eigenvalue weighted by molar-refractivity contribution is 1.87. The van der Waals surface area contributed by atoms with Gasteiger partial charge in [0.15, 0.2) is 0 Å². The first-order valence-electron chi connectivity index (χ1n) is 9.29. The van der Waals surface area contributed by atoms with E-state index in [0.717, 1.165) is 0 Å². The fourth-order valence-corrected chi connectivity index (χ4v) is 9.01. The minimum absolute atomic E-state index is 1.33. The van der Waals surface area contributed by atoms with Crippen LogP contribution in [0, 0.1) is 0 Å². The van der Waals surface area contributed by atoms with Gasteiger partial charge in [-0.1, -0.05) is 0 Å². The molecule has 6 heteroatoms. The molecular formula is C24H14S6. The van der Waals surface area contributed by atoms with Gasteiger partial charge in [-0.2, -0.15) is 22.7 Å². The highest BCUT2D eigenvalue weighted by atomic mass is 32.1. The van der Waals surface area contributed by atoms with Crippen LogP contribution in [0.4, 0.5) is 0 Å². The van der Waals surface area contributed by atoms with Crippen LogP contribution in [-0.4, -0.2) is 0 Å². The third kappa shape index (κ3) is 3.58. The normalized spacial score (nSPS) is 11.3. The molecule has 0 aromatic carbocycles. The van der Waals surface area contributed by atoms with E-state index >= 15 is 0 Å². The SMILES string of the molecule is c1cc(-c2ccc(-c3ccc(-c4ccc(-c5ccc(-c6ccsc6)s5)s4)s3)s2)cs1. The van der Waals surface area contributed by atoms with E-state index in [0.29, 0.717) is 0 Å². The van der Waals surface area contributed by atoms with E-state index in [1.165, 1.54) is 50.1 Å². The minimum atomic E-state index is 1.33. The van der Waals surface area contributed by atoms with Crippen molar-refractivity contribution in [3.05, 3.63) is 82.2 Å². The molecule has 0 atom stereocenters. The monoisotopic (exact) mass is 494 g/mol. The molecule has 0 saturated carbocycles. The van der Waals surface area contributed by atoms with Gasteiger partial charge in [0.05, 0.1) is 0 Å². The molecule has 6 heterocycles. The zero-order valence-electron chi connectivity index (χ0n) is 15.5. The van der Waals surface area contributed by atoms with Crippen molar-refractivity contribution in [1.82, 2.24) is 0 Å². The summed E-state index contributed by atoms with van der Waals surface area (Å²) in [5.74, 6) is 0. The van der Waals surface area contributed by atoms with E-state index in [1.54, 1.807) is 22.7 Å². The minimum Gasteiger partial charge on any atom is -0.152 e. The van der Waals surface area contributed by atoms with Crippen LogP contribution < -0.4 is 0 Å². The summed E-state index contributed by atoms with van der Waals surface area (Å²) >= 11 is 11.0. The summed E-state index contributed by atoms with van der Waals surface area (Å²) in [6, 6.07) is 22.5. The molecule has 0 nitrogen and oxygen atoms in total. The van der Waals surface area contributed by atoms with Gasteiger partial charge in [0.1, 0.15) is 0 Å². The Morgan fingerprint density at radius 2 is 0.633 bits per heavy atom. The summed E-state index contributed by atoms with van der Waals surface area (Å²) < 4.78 is 0. The van der Waals surface area contributed by atoms with Crippen molar-refractivity contribution >= 4 is 68.0 Å². The van der Waals surface area contributed by atoms with E-state index in [-0.39, 0.29) is 0 Å². The van der Waals surface area contributed by atoms with E-state index < -0.39 is 0 Å². The van der Waals surface area contributed by atoms with Gasteiger partial charge in [-0.3, -0.25) is 0 Å². The summed E-state index contributed by atoms with van der Waals surface area (Å²) in [6.45, 7) is 0. The number of rotatable bonds is 5. The summed E-state index contributed by atoms with van der Waals surface area (Å²) in [5, 5.41) is 8.72. The van der Waals surface area contributed by atoms with Gasteiger partial charge in [0.2, 0.25) is 0 Å². The Morgan fingerprint density at radius 3 is 0.933 bits per heavy atom. The Kier molecular flexibility index (Phi) is 5.07. The molecule has 0 unspecified atom stereocenters. The van der Waals surface area contributed by atoms with Crippen LogP contribution in [0.25, 0.3) is 50.1 Å². The van der Waals surface area contributed by atoms with Crippen molar-refractivity contribution in [2.24, 2.45) is 0 Å². The van der Waals surface area contributed by atoms with Crippen molar-refractivity contribution in [1.29, 1.82) is 0 Å². The van der Waals surface area contributed by atoms with Crippen LogP contribution >= 0.6 is 68.0 Å². The third-order valence-corrected chi connectivity index (χ3v) is 11.2. The second-order valence-corrected chi connectivity index (χ2v) is 12.6. The molecule has 146 valence electrons. The summed E-state index contributed by atoms with van der Waals surface area (Å²) in [6.07, 6.45) is 0. The molecule has 0 N–H and O–H groups in total. The Hall–Kier alpha value is -1.80. The molecule has 0 spiro atoms. The molecule has 6 aromatic heterocycles. The predicted molar refractivity (Wildman–Crippen MR) is 141 cm³/mol. The Balaban J connectivity index is 1.26. The first kappa shape index (κ1) is 18.9. The highest BCUT2D eigenvalue weighted by Gasteiger charge is 2.12. The smallest absolute Gasteiger partial charge is 0.0449 e. The van der Waals surface area contributed by atoms with Crippen molar-refractivity contribution < 1.29 is 0 Å². The molecular weight excluding hydrogens is 481 g/mol. The molecule has 30 heavy (non-hydrogen) atoms. The summed E-state index contributed by atoms with van der Waals surface area (Å²) in [5.41, 5.74) is 2.65. The highest BCUT2D eigenvalue weighted by Crippen LogP contribution is 2.45. The quantitative estimate of drug-likeness (QED) is 0.223. The second kappa shape index (κ2) is 8.04. The standard InChI is InChI=1S/C24H14S6/c1-3-19(27-17(1)15-9-11-25-13-15)21-5-7-23(29-21)24-8-6-22(30-24)20-4-2-18(28-20)16-10-12-26-14-16/h1-14H. The number of thiophene rings is 6. The van der Waals surface area contributed by atoms with Gasteiger partial charge in [-0.05, 0) is 82.2 Å². The van der Waals surface area contributed by atoms with Gasteiger partial charge in [0.25, 0.3) is 0 Å². The van der Waals surface area contributed by atoms with Crippen LogP contribution in [0.15, 0.2) is 82.2 Å². The van der Waals surface area contributed by atoms with E-state index in [2.05, 4.69) is 82.2 Å². The molecule has 0 aliphatic heterocycles. The molecule has 0 amide bonds. The topological polar surface area (TPSA) is 0 Å². The molecule has 6 aromatic rings. The lowest BCUT2D eigenvalue weighted by Gasteiger charge is -1.93. The van der Waals surface area contributed by atoms with Crippen LogP contribution in [0.3, 0.4) is 0 Å². The zero-order chi connectivity index (χ0) is 19.9. The average molecular weight is 495 g/mol. The average Bonchev–Trinajstić information content (AvgIpc) is 3.62. The van der Waals surface area contributed by atoms with Crippen molar-refractivity contribution in [3.63, 3.8) is 0 Å². The lowest BCUT2D eigenvalue weighted by Crippen LogP contribution is -1.59. The first-order chi connectivity index (χ1) is 14.8. The van der Waals surface area contributed by atoms with Crippen LogP contribution in [-0.2, 0) is 0 Å². The van der Waals surface area contributed by atoms with Crippen molar-refractivity contribution in [2.75, 3.05) is 0 Å². The lowest BCUT2D eigenvalue weighted by atomic mass is 10.3. The highest BCUT2D eigenvalue weighted by molar-refractivity contribution is 7.29. The van der Waals surface area contributed by atoms with Crippen LogP contribution in [0.1, 0.15) is 0 Å². The predicted octanol–water partition coefficient (Wildman–Crippen LogP) is 10.4. The fraction of sp³-hybridized carbons (Fsp3) is 0. The molecule has 0 radical (unpaired) electrons. The molecule has 0 saturated heterocycles. The van der Waals surface area contributed by atoms with E-state index in [9.17, 15) is 0 Å². The maximum absolute atomic E-state index is 2.27. The Morgan fingerprint density at radius 1 is 0.333 bits per heavy atom. The molecule has 6 rings (SSSR count). The molecule has 0 bridgehead atoms. The van der Waals surface area contributed by atoms with E-state index in [1.807, 2.05) is 45.3 Å². The van der Waals surface area contributed by atoms with Gasteiger partial charge >= 0.3 is 0 Å². The van der Waals surface area contributed by atoms with Gasteiger partial charge < -0.3 is 0 Å². The first-order valence-corrected chi connectivity index (χ1v) is 14.4. The molecule has 0 fully saturated rings. The maximum Gasteiger partial charge on any atom is 0.0449 e. The fourth-order valence-electron chi connectivity index (χ4n) is 3.27.